The molecule has 0 spiro atoms. The van der Waals surface area contributed by atoms with E-state index < -0.39 is 0 Å². The molecule has 4 rings (SSSR count). The topological polar surface area (TPSA) is 55.8 Å². The number of fused-ring (bicyclic) bond motifs is 5. The van der Waals surface area contributed by atoms with Crippen LogP contribution < -0.4 is 9.47 Å². The molecule has 25 heavy (non-hydrogen) atoms. The Morgan fingerprint density at radius 2 is 2.04 bits per heavy atom. The lowest BCUT2D eigenvalue weighted by Crippen LogP contribution is -2.44. The van der Waals surface area contributed by atoms with E-state index in [0.29, 0.717) is 23.5 Å². The number of carbonyl (C=O) groups excluding carboxylic acids is 1. The molecule has 1 N–H and O–H groups in total. The van der Waals surface area contributed by atoms with Crippen LogP contribution in [0.15, 0.2) is 12.1 Å². The first-order valence-electron chi connectivity index (χ1n) is 9.52. The molecule has 1 aromatic rings. The van der Waals surface area contributed by atoms with Gasteiger partial charge in [-0.05, 0) is 73.3 Å². The Kier molecular flexibility index (Phi) is 4.06. The molecule has 3 aliphatic rings. The monoisotopic (exact) mass is 344 g/mol. The van der Waals surface area contributed by atoms with E-state index in [1.807, 2.05) is 6.07 Å². The highest BCUT2D eigenvalue weighted by Gasteiger charge is 2.54. The van der Waals surface area contributed by atoms with Crippen molar-refractivity contribution >= 4 is 5.97 Å². The van der Waals surface area contributed by atoms with Crippen molar-refractivity contribution in [2.75, 3.05) is 7.11 Å². The molecule has 3 aliphatic carbocycles. The maximum Gasteiger partial charge on any atom is 0.308 e. The average Bonchev–Trinajstić information content (AvgIpc) is 2.89. The van der Waals surface area contributed by atoms with E-state index in [0.717, 1.165) is 44.3 Å². The van der Waals surface area contributed by atoms with Crippen LogP contribution in [0.2, 0.25) is 0 Å². The summed E-state index contributed by atoms with van der Waals surface area (Å²) in [6.45, 7) is 3.72. The van der Waals surface area contributed by atoms with E-state index >= 15 is 0 Å². The van der Waals surface area contributed by atoms with Gasteiger partial charge in [0.1, 0.15) is 0 Å². The van der Waals surface area contributed by atoms with E-state index in [9.17, 15) is 9.90 Å². The van der Waals surface area contributed by atoms with Gasteiger partial charge in [0.25, 0.3) is 0 Å². The maximum absolute atomic E-state index is 11.4. The van der Waals surface area contributed by atoms with Crippen LogP contribution in [0.25, 0.3) is 0 Å². The third kappa shape index (κ3) is 2.49. The molecule has 0 amide bonds. The fraction of sp³-hybridized carbons (Fsp3) is 0.667. The van der Waals surface area contributed by atoms with Crippen molar-refractivity contribution in [3.63, 3.8) is 0 Å². The SMILES string of the molecule is COc1c(OC(C)=O)ccc2c1CC[C@@H]1[C@@H]2CC[C@]2(C)[C@@H](O)CC[C@@H]12. The number of esters is 1. The molecule has 4 heteroatoms. The van der Waals surface area contributed by atoms with Gasteiger partial charge in [0, 0.05) is 12.5 Å². The van der Waals surface area contributed by atoms with Crippen LogP contribution in [-0.4, -0.2) is 24.3 Å². The van der Waals surface area contributed by atoms with Crippen molar-refractivity contribution < 1.29 is 19.4 Å². The summed E-state index contributed by atoms with van der Waals surface area (Å²) in [5, 5.41) is 10.5. The third-order valence-corrected chi connectivity index (χ3v) is 7.23. The van der Waals surface area contributed by atoms with Crippen LogP contribution in [0.3, 0.4) is 0 Å². The molecule has 0 aliphatic heterocycles. The molecule has 4 nitrogen and oxygen atoms in total. The van der Waals surface area contributed by atoms with Crippen molar-refractivity contribution in [3.05, 3.63) is 23.3 Å². The number of methoxy groups -OCH3 is 1. The van der Waals surface area contributed by atoms with Crippen molar-refractivity contribution in [1.29, 1.82) is 0 Å². The van der Waals surface area contributed by atoms with E-state index in [1.54, 1.807) is 7.11 Å². The van der Waals surface area contributed by atoms with Crippen LogP contribution in [-0.2, 0) is 11.2 Å². The molecule has 0 aromatic heterocycles. The van der Waals surface area contributed by atoms with E-state index in [1.165, 1.54) is 18.1 Å². The molecular weight excluding hydrogens is 316 g/mol. The zero-order valence-corrected chi connectivity index (χ0v) is 15.4. The number of ether oxygens (including phenoxy) is 2. The van der Waals surface area contributed by atoms with Gasteiger partial charge in [-0.1, -0.05) is 13.0 Å². The summed E-state index contributed by atoms with van der Waals surface area (Å²) in [5.74, 6) is 2.74. The van der Waals surface area contributed by atoms with Crippen LogP contribution in [0.4, 0.5) is 0 Å². The first-order chi connectivity index (χ1) is 12.0. The lowest BCUT2D eigenvalue weighted by atomic mass is 9.55. The number of aliphatic hydroxyl groups excluding tert-OH is 1. The Hall–Kier alpha value is -1.55. The Bertz CT molecular complexity index is 697. The van der Waals surface area contributed by atoms with Crippen LogP contribution in [0.1, 0.15) is 63.0 Å². The molecule has 2 fully saturated rings. The second kappa shape index (κ2) is 6.01. The quantitative estimate of drug-likeness (QED) is 0.654. The van der Waals surface area contributed by atoms with Gasteiger partial charge in [-0.15, -0.1) is 0 Å². The minimum absolute atomic E-state index is 0.0977. The maximum atomic E-state index is 11.4. The van der Waals surface area contributed by atoms with E-state index in [-0.39, 0.29) is 17.5 Å². The first-order valence-corrected chi connectivity index (χ1v) is 9.52. The molecule has 0 radical (unpaired) electrons. The fourth-order valence-electron chi connectivity index (χ4n) is 6.05. The van der Waals surface area contributed by atoms with Crippen molar-refractivity contribution in [3.8, 4) is 11.5 Å². The van der Waals surface area contributed by atoms with Crippen LogP contribution in [0, 0.1) is 17.3 Å². The molecule has 0 heterocycles. The van der Waals surface area contributed by atoms with Gasteiger partial charge in [-0.25, -0.2) is 0 Å². The minimum atomic E-state index is -0.319. The molecule has 0 saturated heterocycles. The number of hydrogen-bond donors (Lipinski definition) is 1. The lowest BCUT2D eigenvalue weighted by molar-refractivity contribution is -0.132. The first kappa shape index (κ1) is 16.9. The van der Waals surface area contributed by atoms with E-state index in [2.05, 4.69) is 13.0 Å². The molecule has 0 unspecified atom stereocenters. The Morgan fingerprint density at radius 1 is 1.24 bits per heavy atom. The van der Waals surface area contributed by atoms with Gasteiger partial charge < -0.3 is 14.6 Å². The summed E-state index contributed by atoms with van der Waals surface area (Å²) >= 11 is 0. The zero-order valence-electron chi connectivity index (χ0n) is 15.4. The Labute approximate surface area is 149 Å². The zero-order chi connectivity index (χ0) is 17.8. The summed E-state index contributed by atoms with van der Waals surface area (Å²) in [7, 11) is 1.65. The van der Waals surface area contributed by atoms with Crippen molar-refractivity contribution in [1.82, 2.24) is 0 Å². The number of hydrogen-bond acceptors (Lipinski definition) is 4. The molecule has 2 saturated carbocycles. The molecule has 0 bridgehead atoms. The molecule has 1 aromatic carbocycles. The van der Waals surface area contributed by atoms with Gasteiger partial charge in [0.2, 0.25) is 0 Å². The van der Waals surface area contributed by atoms with Gasteiger partial charge in [0.15, 0.2) is 11.5 Å². The lowest BCUT2D eigenvalue weighted by Gasteiger charge is -2.50. The van der Waals surface area contributed by atoms with Gasteiger partial charge in [-0.3, -0.25) is 4.79 Å². The largest absolute Gasteiger partial charge is 0.493 e. The highest BCUT2D eigenvalue weighted by atomic mass is 16.6. The number of benzene rings is 1. The van der Waals surface area contributed by atoms with Gasteiger partial charge >= 0.3 is 5.97 Å². The van der Waals surface area contributed by atoms with Crippen LogP contribution in [0.5, 0.6) is 11.5 Å². The van der Waals surface area contributed by atoms with E-state index in [4.69, 9.17) is 9.47 Å². The Morgan fingerprint density at radius 3 is 2.76 bits per heavy atom. The number of carbonyl (C=O) groups is 1. The minimum Gasteiger partial charge on any atom is -0.493 e. The predicted octanol–water partition coefficient (Wildman–Crippen LogP) is 3.84. The van der Waals surface area contributed by atoms with Crippen LogP contribution >= 0.6 is 0 Å². The average molecular weight is 344 g/mol. The smallest absolute Gasteiger partial charge is 0.308 e. The van der Waals surface area contributed by atoms with Gasteiger partial charge in [0.05, 0.1) is 13.2 Å². The number of rotatable bonds is 2. The third-order valence-electron chi connectivity index (χ3n) is 7.23. The van der Waals surface area contributed by atoms with Crippen molar-refractivity contribution in [2.24, 2.45) is 17.3 Å². The standard InChI is InChI=1S/C21H28O4/c1-12(22)25-18-8-6-13-14-10-11-21(2)17(7-9-19(21)23)15(14)4-5-16(13)20(18)24-3/h6,8,14-15,17,19,23H,4-5,7,9-11H2,1-3H3/t14-,15-,17+,19+,21+/m1/s1. The molecule has 5 atom stereocenters. The summed E-state index contributed by atoms with van der Waals surface area (Å²) in [6, 6.07) is 4.03. The number of aliphatic hydroxyl groups is 1. The summed E-state index contributed by atoms with van der Waals surface area (Å²) in [4.78, 5) is 11.4. The summed E-state index contributed by atoms with van der Waals surface area (Å²) < 4.78 is 11.0. The fourth-order valence-corrected chi connectivity index (χ4v) is 6.05. The second-order valence-corrected chi connectivity index (χ2v) is 8.31. The Balaban J connectivity index is 1.70. The normalized spacial score (nSPS) is 36.2. The van der Waals surface area contributed by atoms with Crippen molar-refractivity contribution in [2.45, 2.75) is 64.4 Å². The predicted molar refractivity (Wildman–Crippen MR) is 94.9 cm³/mol. The highest BCUT2D eigenvalue weighted by Crippen LogP contribution is 2.61. The summed E-state index contributed by atoms with van der Waals surface area (Å²) in [6.07, 6.45) is 6.26. The highest BCUT2D eigenvalue weighted by molar-refractivity contribution is 5.71. The molecule has 136 valence electrons. The summed E-state index contributed by atoms with van der Waals surface area (Å²) in [5.41, 5.74) is 2.68. The van der Waals surface area contributed by atoms with Gasteiger partial charge in [-0.2, -0.15) is 0 Å². The second-order valence-electron chi connectivity index (χ2n) is 8.31. The molecular formula is C21H28O4.